The molecular weight excluding hydrogens is 763 g/mol. The molecule has 0 radical (unpaired) electrons. The van der Waals surface area contributed by atoms with Gasteiger partial charge in [0.15, 0.2) is 0 Å². The highest BCUT2D eigenvalue weighted by Gasteiger charge is 2.10. The minimum Gasteiger partial charge on any atom is -0.493 e. The van der Waals surface area contributed by atoms with Crippen LogP contribution in [0.1, 0.15) is 12.8 Å². The molecule has 314 valence electrons. The van der Waals surface area contributed by atoms with Gasteiger partial charge in [0.25, 0.3) is 0 Å². The molecule has 0 saturated heterocycles. The third-order valence-electron chi connectivity index (χ3n) is 9.44. The average molecular weight is 816 g/mol. The number of nitrogens with zero attached hydrogens (tertiary/aromatic N) is 2. The van der Waals surface area contributed by atoms with Crippen molar-refractivity contribution in [1.29, 1.82) is 0 Å². The molecule has 3 aliphatic heterocycles. The van der Waals surface area contributed by atoms with Crippen LogP contribution in [0.5, 0.6) is 28.7 Å². The molecule has 4 aromatic carbocycles. The fraction of sp³-hybridized carbons (Fsp3) is 0.333. The van der Waals surface area contributed by atoms with Crippen molar-refractivity contribution in [3.63, 3.8) is 0 Å². The van der Waals surface area contributed by atoms with Crippen molar-refractivity contribution in [3.05, 3.63) is 115 Å². The Balaban J connectivity index is 0.993. The van der Waals surface area contributed by atoms with Crippen molar-refractivity contribution in [2.75, 3.05) is 92.4 Å². The van der Waals surface area contributed by atoms with Crippen LogP contribution in [0.3, 0.4) is 0 Å². The molecule has 60 heavy (non-hydrogen) atoms. The minimum atomic E-state index is 0.359. The molecule has 10 bridgehead atoms. The highest BCUT2D eigenvalue weighted by atomic mass is 16.6. The standard InChI is InChI=1S/C48H53N3O9/c49-19-22-52-27-31-59-43-33-42-34-44(35-43)60-32-29-55-26-24-53-23-25-54-28-30-58-41-15-9-37(10-16-41)46-18-12-39-6-5-38-11-17-45(50-47(38)48(39)51-46)36-7-13-40(14-8-36)56-20-3-1-2-4-21-57-42/h1-2,5-18,33-35H,3-4,19-32,49H2/b2-1+. The second-order valence-corrected chi connectivity index (χ2v) is 13.8. The first-order valence-corrected chi connectivity index (χ1v) is 20.6. The van der Waals surface area contributed by atoms with E-state index < -0.39 is 0 Å². The molecule has 3 aliphatic rings. The smallest absolute Gasteiger partial charge is 0.126 e. The molecule has 12 nitrogen and oxygen atoms in total. The molecular formula is C48H53N3O9. The first kappa shape index (κ1) is 42.4. The van der Waals surface area contributed by atoms with Crippen LogP contribution in [0.2, 0.25) is 0 Å². The Bertz CT molecular complexity index is 2250. The monoisotopic (exact) mass is 815 g/mol. The van der Waals surface area contributed by atoms with Gasteiger partial charge >= 0.3 is 0 Å². The normalized spacial score (nSPS) is 15.8. The minimum absolute atomic E-state index is 0.359. The molecule has 6 aromatic rings. The maximum atomic E-state index is 6.07. The second kappa shape index (κ2) is 23.1. The predicted octanol–water partition coefficient (Wildman–Crippen LogP) is 8.09. The van der Waals surface area contributed by atoms with Gasteiger partial charge in [-0.25, -0.2) is 9.97 Å². The quantitative estimate of drug-likeness (QED) is 0.0990. The molecule has 0 aliphatic carbocycles. The van der Waals surface area contributed by atoms with E-state index in [2.05, 4.69) is 36.4 Å². The Morgan fingerprint density at radius 2 is 0.900 bits per heavy atom. The molecule has 0 fully saturated rings. The number of ether oxygens (including phenoxy) is 9. The molecule has 2 aromatic heterocycles. The maximum Gasteiger partial charge on any atom is 0.126 e. The largest absolute Gasteiger partial charge is 0.493 e. The summed E-state index contributed by atoms with van der Waals surface area (Å²) in [5, 5.41) is 2.07. The molecule has 9 rings (SSSR count). The van der Waals surface area contributed by atoms with Crippen LogP contribution < -0.4 is 29.4 Å². The van der Waals surface area contributed by atoms with E-state index in [1.807, 2.05) is 78.9 Å². The first-order valence-electron chi connectivity index (χ1n) is 20.6. The molecule has 0 spiro atoms. The van der Waals surface area contributed by atoms with E-state index in [0.717, 1.165) is 68.7 Å². The van der Waals surface area contributed by atoms with E-state index >= 15 is 0 Å². The maximum absolute atomic E-state index is 6.07. The number of hydrogen-bond acceptors (Lipinski definition) is 12. The SMILES string of the molecule is NCCOCCOc1cc2cc(c1)OCCOCCOCCOCCOc1ccc(cc1)-c1ccc3ccc4ccc(nc4c3n1)-c1ccc(cc1)OCC/C=C/CCO2. The van der Waals surface area contributed by atoms with Crippen LogP contribution in [0.25, 0.3) is 44.3 Å². The Morgan fingerprint density at radius 1 is 0.450 bits per heavy atom. The van der Waals surface area contributed by atoms with Gasteiger partial charge in [-0.3, -0.25) is 0 Å². The topological polar surface area (TPSA) is 135 Å². The van der Waals surface area contributed by atoms with Crippen molar-refractivity contribution in [3.8, 4) is 51.3 Å². The number of aromatic nitrogens is 2. The summed E-state index contributed by atoms with van der Waals surface area (Å²) in [6.07, 6.45) is 5.71. The summed E-state index contributed by atoms with van der Waals surface area (Å²) in [6, 6.07) is 34.0. The van der Waals surface area contributed by atoms with E-state index in [1.165, 1.54) is 0 Å². The zero-order valence-electron chi connectivity index (χ0n) is 33.9. The highest BCUT2D eigenvalue weighted by Crippen LogP contribution is 2.31. The van der Waals surface area contributed by atoms with Crippen LogP contribution in [0.15, 0.2) is 115 Å². The highest BCUT2D eigenvalue weighted by molar-refractivity contribution is 6.04. The lowest BCUT2D eigenvalue weighted by molar-refractivity contribution is 0.00497. The lowest BCUT2D eigenvalue weighted by Gasteiger charge is -2.13. The first-order chi connectivity index (χ1) is 29.7. The van der Waals surface area contributed by atoms with Gasteiger partial charge in [0, 0.05) is 46.6 Å². The summed E-state index contributed by atoms with van der Waals surface area (Å²) in [5.41, 5.74) is 11.0. The van der Waals surface area contributed by atoms with Gasteiger partial charge in [-0.05, 0) is 73.5 Å². The molecule has 0 unspecified atom stereocenters. The van der Waals surface area contributed by atoms with Crippen molar-refractivity contribution >= 4 is 21.8 Å². The number of pyridine rings is 2. The van der Waals surface area contributed by atoms with Gasteiger partial charge < -0.3 is 48.4 Å². The molecule has 12 heteroatoms. The summed E-state index contributed by atoms with van der Waals surface area (Å²) < 4.78 is 52.4. The van der Waals surface area contributed by atoms with Crippen LogP contribution in [0, 0.1) is 0 Å². The molecule has 5 heterocycles. The summed E-state index contributed by atoms with van der Waals surface area (Å²) >= 11 is 0. The van der Waals surface area contributed by atoms with Crippen LogP contribution in [0.4, 0.5) is 0 Å². The Kier molecular flexibility index (Phi) is 16.3. The van der Waals surface area contributed by atoms with Crippen LogP contribution >= 0.6 is 0 Å². The van der Waals surface area contributed by atoms with E-state index in [0.29, 0.717) is 110 Å². The Labute approximate surface area is 351 Å². The molecule has 2 N–H and O–H groups in total. The predicted molar refractivity (Wildman–Crippen MR) is 233 cm³/mol. The van der Waals surface area contributed by atoms with Gasteiger partial charge in [-0.2, -0.15) is 0 Å². The average Bonchev–Trinajstić information content (AvgIpc) is 3.28. The Morgan fingerprint density at radius 3 is 1.42 bits per heavy atom. The van der Waals surface area contributed by atoms with Crippen LogP contribution in [-0.4, -0.2) is 102 Å². The van der Waals surface area contributed by atoms with Gasteiger partial charge in [0.1, 0.15) is 48.6 Å². The molecule has 0 atom stereocenters. The number of hydrogen-bond donors (Lipinski definition) is 1. The zero-order valence-corrected chi connectivity index (χ0v) is 33.9. The lowest BCUT2D eigenvalue weighted by atomic mass is 10.1. The number of nitrogens with two attached hydrogens (primary N) is 1. The third kappa shape index (κ3) is 12.9. The summed E-state index contributed by atoms with van der Waals surface area (Å²) in [4.78, 5) is 10.2. The fourth-order valence-electron chi connectivity index (χ4n) is 6.44. The number of fused-ring (bicyclic) bond motifs is 2. The van der Waals surface area contributed by atoms with E-state index in [4.69, 9.17) is 58.3 Å². The second-order valence-electron chi connectivity index (χ2n) is 13.8. The zero-order chi connectivity index (χ0) is 41.0. The van der Waals surface area contributed by atoms with E-state index in [1.54, 1.807) is 0 Å². The van der Waals surface area contributed by atoms with Crippen molar-refractivity contribution < 1.29 is 42.6 Å². The van der Waals surface area contributed by atoms with Gasteiger partial charge in [-0.1, -0.05) is 36.4 Å². The van der Waals surface area contributed by atoms with Crippen molar-refractivity contribution in [1.82, 2.24) is 9.97 Å². The van der Waals surface area contributed by atoms with Crippen molar-refractivity contribution in [2.45, 2.75) is 12.8 Å². The fourth-order valence-corrected chi connectivity index (χ4v) is 6.44. The Hall–Kier alpha value is -5.76. The summed E-state index contributed by atoms with van der Waals surface area (Å²) in [5.74, 6) is 3.47. The lowest BCUT2D eigenvalue weighted by Crippen LogP contribution is -2.14. The molecule has 0 saturated carbocycles. The number of rotatable bonds is 6. The summed E-state index contributed by atoms with van der Waals surface area (Å²) in [7, 11) is 0. The van der Waals surface area contributed by atoms with Gasteiger partial charge in [0.2, 0.25) is 0 Å². The van der Waals surface area contributed by atoms with E-state index in [-0.39, 0.29) is 0 Å². The third-order valence-corrected chi connectivity index (χ3v) is 9.44. The summed E-state index contributed by atoms with van der Waals surface area (Å²) in [6.45, 7) is 6.27. The van der Waals surface area contributed by atoms with E-state index in [9.17, 15) is 0 Å². The van der Waals surface area contributed by atoms with Gasteiger partial charge in [-0.15, -0.1) is 0 Å². The molecule has 0 amide bonds. The van der Waals surface area contributed by atoms with Crippen molar-refractivity contribution in [2.24, 2.45) is 5.73 Å². The number of benzene rings is 4. The van der Waals surface area contributed by atoms with Crippen LogP contribution in [-0.2, 0) is 18.9 Å². The van der Waals surface area contributed by atoms with Gasteiger partial charge in [0.05, 0.1) is 88.5 Å².